The third-order valence-corrected chi connectivity index (χ3v) is 10.7. The van der Waals surface area contributed by atoms with Crippen molar-refractivity contribution in [3.05, 3.63) is 82.4 Å². The second kappa shape index (κ2) is 21.2. The molecule has 2 amide bonds. The van der Waals surface area contributed by atoms with Gasteiger partial charge >= 0.3 is 0 Å². The van der Waals surface area contributed by atoms with Crippen LogP contribution in [0.3, 0.4) is 0 Å². The van der Waals surface area contributed by atoms with Crippen LogP contribution in [0.5, 0.6) is 11.5 Å². The standard InChI is InChI=1S/C45H56N4O8/c1-4-5-6-7-9-30-11-14-34(28(2)22-30)41(54)27-33(17-19-47)45(57)49(20-21-50)43-32-13-16-39(52)36(26-32)35-24-31(12-15-38(35)51)25-37(40(53)10-8-18-46)48-44(56)29(3)23-42(43)55/h11-16,22,24,26,29,33,37,43,50-52H,4-10,17,19-21,23,25,27,47H2,1-3H3,(H,48,56)/t29-,33-,37+,43+/m1/s1. The lowest BCUT2D eigenvalue weighted by molar-refractivity contribution is -0.144. The number of phenolic OH excluding ortho intramolecular Hbond substituents is 2. The molecule has 4 rings (SSSR count). The molecular weight excluding hydrogens is 725 g/mol. The van der Waals surface area contributed by atoms with Gasteiger partial charge in [-0.3, -0.25) is 24.0 Å². The molecular formula is C45H56N4O8. The zero-order valence-electron chi connectivity index (χ0n) is 33.3. The van der Waals surface area contributed by atoms with Crippen LogP contribution in [0.25, 0.3) is 11.1 Å². The molecule has 0 aliphatic carbocycles. The Bertz CT molecular complexity index is 1970. The van der Waals surface area contributed by atoms with E-state index in [2.05, 4.69) is 12.2 Å². The van der Waals surface area contributed by atoms with Gasteiger partial charge in [-0.25, -0.2) is 0 Å². The van der Waals surface area contributed by atoms with Gasteiger partial charge in [0.2, 0.25) is 11.8 Å². The molecule has 0 saturated carbocycles. The van der Waals surface area contributed by atoms with Gasteiger partial charge in [-0.05, 0) is 85.7 Å². The average molecular weight is 781 g/mol. The molecule has 0 radical (unpaired) electrons. The largest absolute Gasteiger partial charge is 0.507 e. The van der Waals surface area contributed by atoms with E-state index in [9.17, 15) is 39.3 Å². The molecule has 0 unspecified atom stereocenters. The Balaban J connectivity index is 1.76. The molecule has 4 bridgehead atoms. The van der Waals surface area contributed by atoms with Crippen LogP contribution in [-0.4, -0.2) is 75.1 Å². The average Bonchev–Trinajstić information content (AvgIpc) is 3.18. The van der Waals surface area contributed by atoms with Crippen LogP contribution < -0.4 is 11.1 Å². The second-order valence-corrected chi connectivity index (χ2v) is 15.1. The molecule has 3 aromatic carbocycles. The molecule has 3 aromatic rings. The summed E-state index contributed by atoms with van der Waals surface area (Å²) in [7, 11) is 0. The van der Waals surface area contributed by atoms with Crippen LogP contribution in [0, 0.1) is 30.1 Å². The first-order valence-corrected chi connectivity index (χ1v) is 19.9. The van der Waals surface area contributed by atoms with E-state index in [0.29, 0.717) is 11.1 Å². The number of nitrogens with zero attached hydrogens (tertiary/aromatic N) is 2. The van der Waals surface area contributed by atoms with Crippen molar-refractivity contribution in [1.82, 2.24) is 10.2 Å². The topological polar surface area (TPSA) is 211 Å². The molecule has 6 N–H and O–H groups in total. The van der Waals surface area contributed by atoms with Crippen LogP contribution >= 0.6 is 0 Å². The molecule has 0 spiro atoms. The molecule has 304 valence electrons. The van der Waals surface area contributed by atoms with Gasteiger partial charge in [0.1, 0.15) is 17.5 Å². The van der Waals surface area contributed by atoms with E-state index in [-0.39, 0.29) is 91.4 Å². The maximum absolute atomic E-state index is 14.7. The van der Waals surface area contributed by atoms with Gasteiger partial charge in [0, 0.05) is 60.8 Å². The number of benzene rings is 3. The lowest BCUT2D eigenvalue weighted by Crippen LogP contribution is -2.47. The van der Waals surface area contributed by atoms with E-state index >= 15 is 0 Å². The minimum absolute atomic E-state index is 0.0236. The maximum atomic E-state index is 14.7. The van der Waals surface area contributed by atoms with E-state index in [1.165, 1.54) is 42.5 Å². The van der Waals surface area contributed by atoms with Gasteiger partial charge in [-0.2, -0.15) is 5.26 Å². The predicted molar refractivity (Wildman–Crippen MR) is 216 cm³/mol. The van der Waals surface area contributed by atoms with Crippen molar-refractivity contribution in [1.29, 1.82) is 5.26 Å². The highest BCUT2D eigenvalue weighted by Gasteiger charge is 2.37. The van der Waals surface area contributed by atoms with Gasteiger partial charge in [0.15, 0.2) is 17.3 Å². The number of nitrogens with one attached hydrogen (secondary N) is 1. The molecule has 1 aliphatic rings. The molecule has 12 heteroatoms. The Morgan fingerprint density at radius 3 is 2.37 bits per heavy atom. The number of aliphatic hydroxyl groups is 1. The Hall–Kier alpha value is -5.38. The van der Waals surface area contributed by atoms with Crippen LogP contribution in [0.15, 0.2) is 54.6 Å². The third kappa shape index (κ3) is 11.6. The highest BCUT2D eigenvalue weighted by atomic mass is 16.3. The minimum atomic E-state index is -1.38. The Labute approximate surface area is 335 Å². The zero-order chi connectivity index (χ0) is 41.6. The van der Waals surface area contributed by atoms with Crippen LogP contribution in [0.4, 0.5) is 0 Å². The number of carbonyl (C=O) groups excluding carboxylic acids is 5. The summed E-state index contributed by atoms with van der Waals surface area (Å²) in [4.78, 5) is 71.0. The number of nitrogens with two attached hydrogens (primary N) is 1. The first-order chi connectivity index (χ1) is 27.3. The number of nitriles is 1. The van der Waals surface area contributed by atoms with E-state index in [1.54, 1.807) is 18.2 Å². The molecule has 1 aliphatic heterocycles. The number of rotatable bonds is 17. The first-order valence-electron chi connectivity index (χ1n) is 19.9. The van der Waals surface area contributed by atoms with Crippen molar-refractivity contribution in [3.8, 4) is 28.7 Å². The molecule has 0 fully saturated rings. The second-order valence-electron chi connectivity index (χ2n) is 15.1. The van der Waals surface area contributed by atoms with Crippen LogP contribution in [0.2, 0.25) is 0 Å². The fraction of sp³-hybridized carbons (Fsp3) is 0.467. The van der Waals surface area contributed by atoms with Crippen molar-refractivity contribution in [2.45, 2.75) is 103 Å². The SMILES string of the molecule is CCCCCCc1ccc(C(=O)C[C@@H](CCN)C(=O)N(CCO)[C@@H]2C(=O)C[C@@H](C)C(=O)N[C@H](C(=O)CCC#N)Cc3ccc(O)c(c3)-c3cc2ccc3O)c(C)c1. The first kappa shape index (κ1) is 44.3. The number of aromatic hydroxyl groups is 2. The summed E-state index contributed by atoms with van der Waals surface area (Å²) in [5.41, 5.74) is 9.51. The Morgan fingerprint density at radius 1 is 0.982 bits per heavy atom. The number of fused-ring (bicyclic) bond motifs is 5. The number of ketones is 3. The molecule has 4 atom stereocenters. The number of aliphatic hydroxyl groups excluding tert-OH is 1. The van der Waals surface area contributed by atoms with E-state index < -0.39 is 48.1 Å². The van der Waals surface area contributed by atoms with E-state index in [1.807, 2.05) is 25.1 Å². The van der Waals surface area contributed by atoms with Crippen molar-refractivity contribution in [2.75, 3.05) is 19.7 Å². The number of aryl methyl sites for hydroxylation is 2. The predicted octanol–water partition coefficient (Wildman–Crippen LogP) is 5.81. The molecule has 0 saturated heterocycles. The summed E-state index contributed by atoms with van der Waals surface area (Å²) < 4.78 is 0. The summed E-state index contributed by atoms with van der Waals surface area (Å²) in [5, 5.41) is 44.2. The molecule has 1 heterocycles. The third-order valence-electron chi connectivity index (χ3n) is 10.7. The monoisotopic (exact) mass is 780 g/mol. The maximum Gasteiger partial charge on any atom is 0.227 e. The lowest BCUT2D eigenvalue weighted by Gasteiger charge is -2.34. The van der Waals surface area contributed by atoms with Crippen molar-refractivity contribution in [2.24, 2.45) is 17.6 Å². The van der Waals surface area contributed by atoms with Gasteiger partial charge in [-0.1, -0.05) is 63.4 Å². The molecule has 12 nitrogen and oxygen atoms in total. The number of Topliss-reactive ketones (excluding diaryl/α,β-unsaturated/α-hetero) is 3. The summed E-state index contributed by atoms with van der Waals surface area (Å²) in [6, 6.07) is 14.1. The highest BCUT2D eigenvalue weighted by Crippen LogP contribution is 2.40. The van der Waals surface area contributed by atoms with Crippen LogP contribution in [0.1, 0.15) is 110 Å². The van der Waals surface area contributed by atoms with Crippen molar-refractivity contribution >= 4 is 29.2 Å². The minimum Gasteiger partial charge on any atom is -0.507 e. The Morgan fingerprint density at radius 2 is 1.70 bits per heavy atom. The summed E-state index contributed by atoms with van der Waals surface area (Å²) >= 11 is 0. The van der Waals surface area contributed by atoms with Crippen LogP contribution in [-0.2, 0) is 32.0 Å². The van der Waals surface area contributed by atoms with Crippen molar-refractivity contribution in [3.63, 3.8) is 0 Å². The summed E-state index contributed by atoms with van der Waals surface area (Å²) in [6.45, 7) is 4.79. The van der Waals surface area contributed by atoms with Gasteiger partial charge in [0.25, 0.3) is 0 Å². The smallest absolute Gasteiger partial charge is 0.227 e. The number of unbranched alkanes of at least 4 members (excludes halogenated alkanes) is 3. The summed E-state index contributed by atoms with van der Waals surface area (Å²) in [6.07, 6.45) is 4.79. The highest BCUT2D eigenvalue weighted by molar-refractivity contribution is 6.01. The lowest BCUT2D eigenvalue weighted by atomic mass is 9.87. The zero-order valence-corrected chi connectivity index (χ0v) is 33.3. The number of amides is 2. The number of carbonyl (C=O) groups is 5. The number of phenols is 2. The van der Waals surface area contributed by atoms with E-state index in [4.69, 9.17) is 11.0 Å². The summed E-state index contributed by atoms with van der Waals surface area (Å²) in [5.74, 6) is -4.76. The number of hydrogen-bond acceptors (Lipinski definition) is 10. The molecule has 57 heavy (non-hydrogen) atoms. The van der Waals surface area contributed by atoms with Gasteiger partial charge in [0.05, 0.1) is 18.7 Å². The normalized spacial score (nSPS) is 17.5. The number of hydrogen-bond donors (Lipinski definition) is 5. The Kier molecular flexibility index (Phi) is 16.5. The van der Waals surface area contributed by atoms with E-state index in [0.717, 1.165) is 36.8 Å². The fourth-order valence-electron chi connectivity index (χ4n) is 7.57. The molecule has 0 aromatic heterocycles. The van der Waals surface area contributed by atoms with Crippen molar-refractivity contribution < 1.29 is 39.3 Å². The quantitative estimate of drug-likeness (QED) is 0.0820. The van der Waals surface area contributed by atoms with Gasteiger partial charge < -0.3 is 31.3 Å². The fourth-order valence-corrected chi connectivity index (χ4v) is 7.57. The van der Waals surface area contributed by atoms with Gasteiger partial charge in [-0.15, -0.1) is 0 Å².